The molecule has 2 atom stereocenters. The average Bonchev–Trinajstić information content (AvgIpc) is 3.19. The number of rotatable bonds is 10. The first kappa shape index (κ1) is 24.7. The van der Waals surface area contributed by atoms with Gasteiger partial charge >= 0.3 is 0 Å². The number of imide groups is 1. The molecule has 0 aliphatic carbocycles. The number of piperidine rings is 1. The molecule has 3 amide bonds. The molecule has 1 fully saturated rings. The van der Waals surface area contributed by atoms with Crippen LogP contribution in [0, 0.1) is 0 Å². The highest BCUT2D eigenvalue weighted by Crippen LogP contribution is 2.34. The van der Waals surface area contributed by atoms with Gasteiger partial charge in [0.15, 0.2) is 0 Å². The summed E-state index contributed by atoms with van der Waals surface area (Å²) in [4.78, 5) is 38.3. The van der Waals surface area contributed by atoms with Crippen molar-refractivity contribution in [2.24, 2.45) is 0 Å². The molecule has 2 unspecified atom stereocenters. The fourth-order valence-corrected chi connectivity index (χ4v) is 4.58. The lowest BCUT2D eigenvalue weighted by molar-refractivity contribution is -0.136. The predicted octanol–water partition coefficient (Wildman–Crippen LogP) is 3.86. The topological polar surface area (TPSA) is 87.7 Å². The third kappa shape index (κ3) is 5.46. The van der Waals surface area contributed by atoms with Crippen LogP contribution in [0.25, 0.3) is 0 Å². The Morgan fingerprint density at radius 1 is 1.17 bits per heavy atom. The Bertz CT molecular complexity index is 1130. The highest BCUT2D eigenvalue weighted by atomic mass is 16.5. The third-order valence-electron chi connectivity index (χ3n) is 7.05. The zero-order valence-electron chi connectivity index (χ0n) is 20.4. The van der Waals surface area contributed by atoms with Gasteiger partial charge in [0.2, 0.25) is 11.8 Å². The van der Waals surface area contributed by atoms with E-state index in [9.17, 15) is 14.4 Å². The summed E-state index contributed by atoms with van der Waals surface area (Å²) in [5.74, 6) is -0.271. The first-order valence-electron chi connectivity index (χ1n) is 12.2. The monoisotopic (exact) mass is 475 g/mol. The SMILES string of the molecule is C=CCC(C)(CC)NCc1ccc(COc2cccc3c2CN(C2CCC(=O)NC2=O)C3=O)cc1. The van der Waals surface area contributed by atoms with Gasteiger partial charge in [0.1, 0.15) is 18.4 Å². The van der Waals surface area contributed by atoms with E-state index in [1.807, 2.05) is 12.1 Å². The summed E-state index contributed by atoms with van der Waals surface area (Å²) < 4.78 is 6.11. The van der Waals surface area contributed by atoms with Crippen molar-refractivity contribution in [3.05, 3.63) is 77.4 Å². The maximum absolute atomic E-state index is 13.0. The Hall–Kier alpha value is -3.45. The lowest BCUT2D eigenvalue weighted by atomic mass is 9.94. The second-order valence-electron chi connectivity index (χ2n) is 9.55. The number of benzene rings is 2. The van der Waals surface area contributed by atoms with Crippen molar-refractivity contribution < 1.29 is 19.1 Å². The molecule has 0 radical (unpaired) electrons. The number of nitrogens with one attached hydrogen (secondary N) is 2. The molecule has 2 aliphatic heterocycles. The smallest absolute Gasteiger partial charge is 0.255 e. The Balaban J connectivity index is 1.38. The van der Waals surface area contributed by atoms with E-state index in [2.05, 4.69) is 55.3 Å². The summed E-state index contributed by atoms with van der Waals surface area (Å²) in [6.45, 7) is 9.70. The van der Waals surface area contributed by atoms with Crippen LogP contribution in [0.15, 0.2) is 55.1 Å². The summed E-state index contributed by atoms with van der Waals surface area (Å²) in [5, 5.41) is 5.96. The zero-order valence-corrected chi connectivity index (χ0v) is 20.4. The molecule has 2 N–H and O–H groups in total. The number of hydrogen-bond acceptors (Lipinski definition) is 5. The second kappa shape index (κ2) is 10.4. The van der Waals surface area contributed by atoms with Crippen molar-refractivity contribution in [2.45, 2.75) is 70.8 Å². The minimum absolute atomic E-state index is 0.0381. The molecule has 7 nitrogen and oxygen atoms in total. The number of nitrogens with zero attached hydrogens (tertiary/aromatic N) is 1. The summed E-state index contributed by atoms with van der Waals surface area (Å²) in [7, 11) is 0. The lowest BCUT2D eigenvalue weighted by Gasteiger charge is -2.29. The van der Waals surface area contributed by atoms with E-state index < -0.39 is 11.9 Å². The zero-order chi connectivity index (χ0) is 25.0. The van der Waals surface area contributed by atoms with Gasteiger partial charge in [-0.3, -0.25) is 19.7 Å². The Morgan fingerprint density at radius 3 is 2.60 bits per heavy atom. The molecule has 7 heteroatoms. The van der Waals surface area contributed by atoms with E-state index in [4.69, 9.17) is 4.74 Å². The number of fused-ring (bicyclic) bond motifs is 1. The molecule has 2 aromatic rings. The van der Waals surface area contributed by atoms with Gasteiger partial charge in [-0.15, -0.1) is 6.58 Å². The van der Waals surface area contributed by atoms with Gasteiger partial charge in [0.05, 0.1) is 6.54 Å². The minimum atomic E-state index is -0.636. The van der Waals surface area contributed by atoms with Crippen molar-refractivity contribution in [1.29, 1.82) is 0 Å². The van der Waals surface area contributed by atoms with Crippen molar-refractivity contribution in [3.8, 4) is 5.75 Å². The molecule has 0 saturated carbocycles. The average molecular weight is 476 g/mol. The molecule has 1 saturated heterocycles. The molecule has 2 aliphatic rings. The van der Waals surface area contributed by atoms with E-state index in [1.54, 1.807) is 12.1 Å². The normalized spacial score (nSPS) is 19.2. The van der Waals surface area contributed by atoms with Gasteiger partial charge in [-0.25, -0.2) is 0 Å². The van der Waals surface area contributed by atoms with E-state index in [0.717, 1.165) is 30.5 Å². The van der Waals surface area contributed by atoms with E-state index in [0.29, 0.717) is 30.9 Å². The van der Waals surface area contributed by atoms with Crippen LogP contribution in [0.1, 0.15) is 66.6 Å². The van der Waals surface area contributed by atoms with Crippen LogP contribution in [0.2, 0.25) is 0 Å². The third-order valence-corrected chi connectivity index (χ3v) is 7.05. The summed E-state index contributed by atoms with van der Waals surface area (Å²) in [6.07, 6.45) is 4.47. The second-order valence-corrected chi connectivity index (χ2v) is 9.55. The number of carbonyl (C=O) groups is 3. The van der Waals surface area contributed by atoms with Crippen LogP contribution in [-0.2, 0) is 29.3 Å². The van der Waals surface area contributed by atoms with E-state index in [-0.39, 0.29) is 23.8 Å². The molecule has 4 rings (SSSR count). The van der Waals surface area contributed by atoms with Crippen LogP contribution in [0.5, 0.6) is 5.75 Å². The fourth-order valence-electron chi connectivity index (χ4n) is 4.58. The van der Waals surface area contributed by atoms with Gasteiger partial charge in [0.25, 0.3) is 5.91 Å². The summed E-state index contributed by atoms with van der Waals surface area (Å²) in [5.41, 5.74) is 3.60. The van der Waals surface area contributed by atoms with Crippen LogP contribution in [0.4, 0.5) is 0 Å². The van der Waals surface area contributed by atoms with Crippen molar-refractivity contribution >= 4 is 17.7 Å². The van der Waals surface area contributed by atoms with E-state index in [1.165, 1.54) is 10.5 Å². The minimum Gasteiger partial charge on any atom is -0.489 e. The highest BCUT2D eigenvalue weighted by molar-refractivity contribution is 6.05. The number of hydrogen-bond donors (Lipinski definition) is 2. The lowest BCUT2D eigenvalue weighted by Crippen LogP contribution is -2.52. The summed E-state index contributed by atoms with van der Waals surface area (Å²) >= 11 is 0. The Morgan fingerprint density at radius 2 is 1.91 bits per heavy atom. The molecule has 184 valence electrons. The molecule has 0 aromatic heterocycles. The first-order valence-corrected chi connectivity index (χ1v) is 12.2. The maximum Gasteiger partial charge on any atom is 0.255 e. The number of amides is 3. The molecular weight excluding hydrogens is 442 g/mol. The molecule has 35 heavy (non-hydrogen) atoms. The van der Waals surface area contributed by atoms with Crippen LogP contribution in [0.3, 0.4) is 0 Å². The first-order chi connectivity index (χ1) is 16.8. The fraction of sp³-hybridized carbons (Fsp3) is 0.393. The highest BCUT2D eigenvalue weighted by Gasteiger charge is 2.40. The van der Waals surface area contributed by atoms with Gasteiger partial charge in [-0.2, -0.15) is 0 Å². The molecular formula is C28H33N3O4. The van der Waals surface area contributed by atoms with Crippen molar-refractivity contribution in [1.82, 2.24) is 15.5 Å². The summed E-state index contributed by atoms with van der Waals surface area (Å²) in [6, 6.07) is 13.1. The van der Waals surface area contributed by atoms with Gasteiger partial charge in [-0.1, -0.05) is 43.3 Å². The molecule has 2 heterocycles. The van der Waals surface area contributed by atoms with Crippen LogP contribution in [-0.4, -0.2) is 34.2 Å². The Labute approximate surface area is 206 Å². The largest absolute Gasteiger partial charge is 0.489 e. The Kier molecular flexibility index (Phi) is 7.36. The number of ether oxygens (including phenoxy) is 1. The maximum atomic E-state index is 13.0. The van der Waals surface area contributed by atoms with Gasteiger partial charge in [0, 0.05) is 29.6 Å². The number of carbonyl (C=O) groups excluding carboxylic acids is 3. The van der Waals surface area contributed by atoms with Crippen molar-refractivity contribution in [3.63, 3.8) is 0 Å². The molecule has 2 aromatic carbocycles. The van der Waals surface area contributed by atoms with Crippen molar-refractivity contribution in [2.75, 3.05) is 0 Å². The van der Waals surface area contributed by atoms with Crippen LogP contribution >= 0.6 is 0 Å². The standard InChI is InChI=1S/C28H33N3O4/c1-4-15-28(3,5-2)29-16-19-9-11-20(12-10-19)18-35-24-8-6-7-21-22(24)17-31(27(21)34)23-13-14-25(32)30-26(23)33/h4,6-12,23,29H,1,5,13-18H2,2-3H3,(H,30,32,33). The molecule has 0 bridgehead atoms. The van der Waals surface area contributed by atoms with E-state index >= 15 is 0 Å². The van der Waals surface area contributed by atoms with Gasteiger partial charge in [-0.05, 0) is 49.4 Å². The quantitative estimate of drug-likeness (QED) is 0.403. The van der Waals surface area contributed by atoms with Crippen LogP contribution < -0.4 is 15.4 Å². The predicted molar refractivity (Wildman–Crippen MR) is 134 cm³/mol. The molecule has 0 spiro atoms. The van der Waals surface area contributed by atoms with Gasteiger partial charge < -0.3 is 15.0 Å².